The Morgan fingerprint density at radius 2 is 2.14 bits per heavy atom. The van der Waals surface area contributed by atoms with Gasteiger partial charge in [-0.2, -0.15) is 0 Å². The zero-order valence-corrected chi connectivity index (χ0v) is 13.5. The number of carbonyl (C=O) groups excluding carboxylic acids is 1. The third-order valence-corrected chi connectivity index (χ3v) is 4.37. The molecule has 1 aliphatic carbocycles. The molecule has 2 amide bonds. The maximum absolute atomic E-state index is 11.9. The predicted molar refractivity (Wildman–Crippen MR) is 83.3 cm³/mol. The molecule has 5 nitrogen and oxygen atoms in total. The number of nitrogens with one attached hydrogen (secondary N) is 1. The Hall–Kier alpha value is -1.56. The number of carboxylic acid groups (broad SMARTS) is 1. The van der Waals surface area contributed by atoms with Gasteiger partial charge in [-0.25, -0.2) is 4.79 Å². The molecule has 1 aromatic rings. The average molecular weight is 355 g/mol. The fourth-order valence-corrected chi connectivity index (χ4v) is 2.68. The molecule has 21 heavy (non-hydrogen) atoms. The molecular weight excluding hydrogens is 336 g/mol. The van der Waals surface area contributed by atoms with E-state index in [9.17, 15) is 9.59 Å². The highest BCUT2D eigenvalue weighted by atomic mass is 79.9. The molecule has 0 aliphatic heterocycles. The van der Waals surface area contributed by atoms with Gasteiger partial charge in [0.05, 0.1) is 6.42 Å². The number of amides is 2. The number of hydrogen-bond acceptors (Lipinski definition) is 2. The normalized spacial score (nSPS) is 15.3. The lowest BCUT2D eigenvalue weighted by Gasteiger charge is -2.21. The van der Waals surface area contributed by atoms with Crippen LogP contribution in [0.5, 0.6) is 0 Å². The zero-order chi connectivity index (χ0) is 15.5. The standard InChI is InChI=1S/C15H19BrN2O3/c1-18(8-5-13(19)20)14(21)17-10-15(6-7-15)11-3-2-4-12(16)9-11/h2-4,9H,5-8,10H2,1H3,(H,17,21)(H,19,20). The van der Waals surface area contributed by atoms with Crippen LogP contribution in [0.3, 0.4) is 0 Å². The molecule has 2 N–H and O–H groups in total. The van der Waals surface area contributed by atoms with Crippen LogP contribution >= 0.6 is 15.9 Å². The van der Waals surface area contributed by atoms with Crippen molar-refractivity contribution in [2.45, 2.75) is 24.7 Å². The third kappa shape index (κ3) is 4.20. The van der Waals surface area contributed by atoms with E-state index in [2.05, 4.69) is 33.4 Å². The summed E-state index contributed by atoms with van der Waals surface area (Å²) in [5, 5.41) is 11.5. The fourth-order valence-electron chi connectivity index (χ4n) is 2.28. The number of urea groups is 1. The Balaban J connectivity index is 1.88. The second-order valence-electron chi connectivity index (χ2n) is 5.51. The number of halogens is 1. The summed E-state index contributed by atoms with van der Waals surface area (Å²) in [6.45, 7) is 0.796. The summed E-state index contributed by atoms with van der Waals surface area (Å²) >= 11 is 3.47. The highest BCUT2D eigenvalue weighted by Crippen LogP contribution is 2.48. The number of benzene rings is 1. The molecular formula is C15H19BrN2O3. The summed E-state index contributed by atoms with van der Waals surface area (Å²) in [6, 6.07) is 7.93. The lowest BCUT2D eigenvalue weighted by Crippen LogP contribution is -2.41. The average Bonchev–Trinajstić information content (AvgIpc) is 3.23. The number of carbonyl (C=O) groups is 2. The second kappa shape index (κ2) is 6.47. The van der Waals surface area contributed by atoms with Gasteiger partial charge in [0.1, 0.15) is 0 Å². The van der Waals surface area contributed by atoms with Crippen LogP contribution in [0.4, 0.5) is 4.79 Å². The van der Waals surface area contributed by atoms with E-state index < -0.39 is 5.97 Å². The molecule has 6 heteroatoms. The molecule has 1 aliphatic rings. The summed E-state index contributed by atoms with van der Waals surface area (Å²) in [6.07, 6.45) is 2.08. The molecule has 0 unspecified atom stereocenters. The molecule has 1 aromatic carbocycles. The molecule has 1 fully saturated rings. The van der Waals surface area contributed by atoms with Gasteiger partial charge in [0.25, 0.3) is 0 Å². The van der Waals surface area contributed by atoms with E-state index >= 15 is 0 Å². The van der Waals surface area contributed by atoms with Crippen molar-refractivity contribution in [3.63, 3.8) is 0 Å². The van der Waals surface area contributed by atoms with Crippen LogP contribution in [-0.2, 0) is 10.2 Å². The first-order valence-electron chi connectivity index (χ1n) is 6.90. The summed E-state index contributed by atoms with van der Waals surface area (Å²) < 4.78 is 1.04. The van der Waals surface area contributed by atoms with Crippen molar-refractivity contribution < 1.29 is 14.7 Å². The predicted octanol–water partition coefficient (Wildman–Crippen LogP) is 2.60. The Morgan fingerprint density at radius 1 is 1.43 bits per heavy atom. The van der Waals surface area contributed by atoms with E-state index in [4.69, 9.17) is 5.11 Å². The number of carboxylic acids is 1. The van der Waals surface area contributed by atoms with Crippen molar-refractivity contribution >= 4 is 27.9 Å². The second-order valence-corrected chi connectivity index (χ2v) is 6.43. The lowest BCUT2D eigenvalue weighted by molar-refractivity contribution is -0.137. The lowest BCUT2D eigenvalue weighted by atomic mass is 9.96. The molecule has 0 aromatic heterocycles. The maximum Gasteiger partial charge on any atom is 0.317 e. The molecule has 0 spiro atoms. The van der Waals surface area contributed by atoms with E-state index in [-0.39, 0.29) is 24.4 Å². The van der Waals surface area contributed by atoms with Gasteiger partial charge in [-0.05, 0) is 30.5 Å². The minimum Gasteiger partial charge on any atom is -0.481 e. The van der Waals surface area contributed by atoms with Crippen LogP contribution in [0.15, 0.2) is 28.7 Å². The minimum atomic E-state index is -0.901. The molecule has 0 heterocycles. The monoisotopic (exact) mass is 354 g/mol. The number of rotatable bonds is 6. The third-order valence-electron chi connectivity index (χ3n) is 3.88. The van der Waals surface area contributed by atoms with Crippen LogP contribution in [0.1, 0.15) is 24.8 Å². The van der Waals surface area contributed by atoms with Crippen molar-refractivity contribution in [3.05, 3.63) is 34.3 Å². The minimum absolute atomic E-state index is 0.0348. The van der Waals surface area contributed by atoms with Gasteiger partial charge in [0.2, 0.25) is 0 Å². The van der Waals surface area contributed by atoms with E-state index in [1.54, 1.807) is 7.05 Å². The maximum atomic E-state index is 11.9. The molecule has 0 bridgehead atoms. The number of hydrogen-bond donors (Lipinski definition) is 2. The largest absolute Gasteiger partial charge is 0.481 e. The van der Waals surface area contributed by atoms with E-state index in [1.165, 1.54) is 10.5 Å². The first-order chi connectivity index (χ1) is 9.93. The van der Waals surface area contributed by atoms with Crippen LogP contribution in [0.25, 0.3) is 0 Å². The molecule has 0 saturated heterocycles. The molecule has 2 rings (SSSR count). The van der Waals surface area contributed by atoms with Crippen LogP contribution in [0, 0.1) is 0 Å². The van der Waals surface area contributed by atoms with Gasteiger partial charge >= 0.3 is 12.0 Å². The van der Waals surface area contributed by atoms with Gasteiger partial charge in [-0.1, -0.05) is 28.1 Å². The van der Waals surface area contributed by atoms with E-state index in [1.807, 2.05) is 12.1 Å². The molecule has 114 valence electrons. The summed E-state index contributed by atoms with van der Waals surface area (Å²) in [5.41, 5.74) is 1.26. The Bertz CT molecular complexity index is 543. The Morgan fingerprint density at radius 3 is 2.71 bits per heavy atom. The van der Waals surface area contributed by atoms with Crippen molar-refractivity contribution in [1.82, 2.24) is 10.2 Å². The highest BCUT2D eigenvalue weighted by Gasteiger charge is 2.44. The van der Waals surface area contributed by atoms with Gasteiger partial charge in [0.15, 0.2) is 0 Å². The Labute approximate surface area is 132 Å². The molecule has 0 radical (unpaired) electrons. The zero-order valence-electron chi connectivity index (χ0n) is 11.9. The fraction of sp³-hybridized carbons (Fsp3) is 0.467. The summed E-state index contributed by atoms with van der Waals surface area (Å²) in [7, 11) is 1.61. The van der Waals surface area contributed by atoms with Gasteiger partial charge < -0.3 is 15.3 Å². The van der Waals surface area contributed by atoms with Crippen LogP contribution in [-0.4, -0.2) is 42.1 Å². The van der Waals surface area contributed by atoms with Gasteiger partial charge in [-0.15, -0.1) is 0 Å². The van der Waals surface area contributed by atoms with Crippen molar-refractivity contribution in [2.75, 3.05) is 20.1 Å². The SMILES string of the molecule is CN(CCC(=O)O)C(=O)NCC1(c2cccc(Br)c2)CC1. The van der Waals surface area contributed by atoms with Crippen molar-refractivity contribution in [1.29, 1.82) is 0 Å². The highest BCUT2D eigenvalue weighted by molar-refractivity contribution is 9.10. The number of aliphatic carboxylic acids is 1. The van der Waals surface area contributed by atoms with Gasteiger partial charge in [0, 0.05) is 30.0 Å². The van der Waals surface area contributed by atoms with E-state index in [0.717, 1.165) is 17.3 Å². The van der Waals surface area contributed by atoms with Crippen LogP contribution < -0.4 is 5.32 Å². The summed E-state index contributed by atoms with van der Waals surface area (Å²) in [5.74, 6) is -0.901. The van der Waals surface area contributed by atoms with Gasteiger partial charge in [-0.3, -0.25) is 4.79 Å². The van der Waals surface area contributed by atoms with Crippen molar-refractivity contribution in [2.24, 2.45) is 0 Å². The first-order valence-corrected chi connectivity index (χ1v) is 7.69. The topological polar surface area (TPSA) is 69.6 Å². The first kappa shape index (κ1) is 15.8. The summed E-state index contributed by atoms with van der Waals surface area (Å²) in [4.78, 5) is 23.9. The number of nitrogens with zero attached hydrogens (tertiary/aromatic N) is 1. The quantitative estimate of drug-likeness (QED) is 0.824. The Kier molecular flexibility index (Phi) is 4.88. The van der Waals surface area contributed by atoms with Crippen molar-refractivity contribution in [3.8, 4) is 0 Å². The smallest absolute Gasteiger partial charge is 0.317 e. The van der Waals surface area contributed by atoms with Crippen LogP contribution in [0.2, 0.25) is 0 Å². The molecule has 0 atom stereocenters. The van der Waals surface area contributed by atoms with E-state index in [0.29, 0.717) is 6.54 Å². The molecule has 1 saturated carbocycles.